The quantitative estimate of drug-likeness (QED) is 0.626. The summed E-state index contributed by atoms with van der Waals surface area (Å²) in [5.41, 5.74) is 5.94. The number of hydrogen-bond donors (Lipinski definition) is 3. The van der Waals surface area contributed by atoms with Crippen molar-refractivity contribution in [3.63, 3.8) is 0 Å². The Labute approximate surface area is 90.8 Å². The largest absolute Gasteiger partial charge is 0.396 e. The van der Waals surface area contributed by atoms with Crippen LogP contribution in [0.5, 0.6) is 0 Å². The molecule has 84 valence electrons. The summed E-state index contributed by atoms with van der Waals surface area (Å²) in [4.78, 5) is 0. The molecule has 4 heteroatoms. The van der Waals surface area contributed by atoms with Crippen LogP contribution >= 0.6 is 11.8 Å². The molecule has 1 aliphatic heterocycles. The summed E-state index contributed by atoms with van der Waals surface area (Å²) in [6.45, 7) is 5.12. The fourth-order valence-corrected chi connectivity index (χ4v) is 3.14. The fraction of sp³-hybridized carbons (Fsp3) is 1.00. The molecule has 1 heterocycles. The molecule has 0 aliphatic carbocycles. The van der Waals surface area contributed by atoms with E-state index in [1.165, 1.54) is 5.75 Å². The third kappa shape index (κ3) is 2.86. The summed E-state index contributed by atoms with van der Waals surface area (Å²) in [6, 6.07) is 0.335. The maximum atomic E-state index is 9.06. The van der Waals surface area contributed by atoms with Crippen molar-refractivity contribution < 1.29 is 5.11 Å². The molecule has 0 spiro atoms. The van der Waals surface area contributed by atoms with Gasteiger partial charge >= 0.3 is 0 Å². The predicted molar refractivity (Wildman–Crippen MR) is 62.6 cm³/mol. The van der Waals surface area contributed by atoms with Crippen molar-refractivity contribution in [1.29, 1.82) is 0 Å². The maximum absolute atomic E-state index is 9.06. The Kier molecular flexibility index (Phi) is 4.70. The van der Waals surface area contributed by atoms with Crippen LogP contribution in [-0.2, 0) is 0 Å². The second-order valence-electron chi connectivity index (χ2n) is 4.38. The van der Waals surface area contributed by atoms with Gasteiger partial charge < -0.3 is 16.2 Å². The number of hydrogen-bond acceptors (Lipinski definition) is 4. The van der Waals surface area contributed by atoms with Crippen molar-refractivity contribution in [2.45, 2.75) is 31.8 Å². The van der Waals surface area contributed by atoms with Crippen LogP contribution in [0.1, 0.15) is 20.3 Å². The van der Waals surface area contributed by atoms with Crippen LogP contribution < -0.4 is 11.1 Å². The average Bonchev–Trinajstić information content (AvgIpc) is 2.65. The van der Waals surface area contributed by atoms with E-state index in [1.54, 1.807) is 0 Å². The summed E-state index contributed by atoms with van der Waals surface area (Å²) < 4.78 is 0. The van der Waals surface area contributed by atoms with Crippen LogP contribution in [0.15, 0.2) is 0 Å². The molecule has 0 aromatic rings. The first-order valence-corrected chi connectivity index (χ1v) is 6.45. The molecule has 14 heavy (non-hydrogen) atoms. The molecular formula is C10H22N2OS. The summed E-state index contributed by atoms with van der Waals surface area (Å²) in [5.74, 6) is 2.60. The Morgan fingerprint density at radius 2 is 2.29 bits per heavy atom. The molecular weight excluding hydrogens is 196 g/mol. The first-order chi connectivity index (χ1) is 6.63. The first-order valence-electron chi connectivity index (χ1n) is 5.30. The molecule has 3 atom stereocenters. The third-order valence-corrected chi connectivity index (χ3v) is 4.42. The van der Waals surface area contributed by atoms with Gasteiger partial charge in [-0.25, -0.2) is 0 Å². The van der Waals surface area contributed by atoms with Crippen LogP contribution in [0, 0.1) is 5.92 Å². The molecule has 0 radical (unpaired) electrons. The number of thioether (sulfide) groups is 1. The van der Waals surface area contributed by atoms with E-state index in [2.05, 4.69) is 19.2 Å². The highest BCUT2D eigenvalue weighted by Gasteiger charge is 2.34. The molecule has 3 nitrogen and oxygen atoms in total. The highest BCUT2D eigenvalue weighted by molar-refractivity contribution is 7.99. The van der Waals surface area contributed by atoms with Gasteiger partial charge in [0.1, 0.15) is 0 Å². The summed E-state index contributed by atoms with van der Waals surface area (Å²) in [7, 11) is 0. The molecule has 0 bridgehead atoms. The van der Waals surface area contributed by atoms with Gasteiger partial charge in [-0.15, -0.1) is 0 Å². The van der Waals surface area contributed by atoms with E-state index in [9.17, 15) is 0 Å². The van der Waals surface area contributed by atoms with Crippen LogP contribution in [0.25, 0.3) is 0 Å². The second kappa shape index (κ2) is 5.35. The van der Waals surface area contributed by atoms with Crippen molar-refractivity contribution in [3.8, 4) is 0 Å². The topological polar surface area (TPSA) is 58.3 Å². The van der Waals surface area contributed by atoms with Gasteiger partial charge in [0.05, 0.1) is 0 Å². The van der Waals surface area contributed by atoms with E-state index < -0.39 is 0 Å². The molecule has 0 saturated carbocycles. The second-order valence-corrected chi connectivity index (χ2v) is 5.49. The van der Waals surface area contributed by atoms with E-state index in [1.807, 2.05) is 11.8 Å². The van der Waals surface area contributed by atoms with Gasteiger partial charge in [-0.1, -0.05) is 6.92 Å². The number of nitrogens with two attached hydrogens (primary N) is 1. The van der Waals surface area contributed by atoms with Crippen molar-refractivity contribution >= 4 is 11.8 Å². The first kappa shape index (κ1) is 12.3. The zero-order chi connectivity index (χ0) is 10.6. The average molecular weight is 218 g/mol. The SMILES string of the molecule is CC(CO)C(C)NC1(CN)CCSC1. The fourth-order valence-electron chi connectivity index (χ4n) is 1.72. The van der Waals surface area contributed by atoms with Gasteiger partial charge in [0, 0.05) is 30.5 Å². The van der Waals surface area contributed by atoms with Crippen LogP contribution in [0.4, 0.5) is 0 Å². The van der Waals surface area contributed by atoms with E-state index in [0.717, 1.165) is 12.2 Å². The Bertz CT molecular complexity index is 172. The number of nitrogens with one attached hydrogen (secondary N) is 1. The minimum atomic E-state index is 0.119. The van der Waals surface area contributed by atoms with Gasteiger partial charge in [-0.3, -0.25) is 0 Å². The normalized spacial score (nSPS) is 31.7. The van der Waals surface area contributed by atoms with Crippen LogP contribution in [0.2, 0.25) is 0 Å². The summed E-state index contributed by atoms with van der Waals surface area (Å²) in [6.07, 6.45) is 1.15. The molecule has 0 amide bonds. The van der Waals surface area contributed by atoms with E-state index >= 15 is 0 Å². The minimum Gasteiger partial charge on any atom is -0.396 e. The lowest BCUT2D eigenvalue weighted by Crippen LogP contribution is -2.56. The zero-order valence-corrected chi connectivity index (χ0v) is 9.94. The van der Waals surface area contributed by atoms with Gasteiger partial charge in [-0.05, 0) is 25.0 Å². The van der Waals surface area contributed by atoms with E-state index in [0.29, 0.717) is 18.5 Å². The molecule has 3 unspecified atom stereocenters. The molecule has 0 aromatic heterocycles. The van der Waals surface area contributed by atoms with Crippen LogP contribution in [0.3, 0.4) is 0 Å². The number of aliphatic hydroxyl groups excluding tert-OH is 1. The molecule has 1 fully saturated rings. The number of rotatable bonds is 5. The van der Waals surface area contributed by atoms with Crippen LogP contribution in [-0.4, -0.2) is 41.3 Å². The van der Waals surface area contributed by atoms with Gasteiger partial charge in [0.2, 0.25) is 0 Å². The Morgan fingerprint density at radius 1 is 1.57 bits per heavy atom. The summed E-state index contributed by atoms with van der Waals surface area (Å²) >= 11 is 1.96. The van der Waals surface area contributed by atoms with E-state index in [4.69, 9.17) is 10.8 Å². The number of aliphatic hydroxyl groups is 1. The molecule has 0 aromatic carbocycles. The van der Waals surface area contributed by atoms with Crippen molar-refractivity contribution in [1.82, 2.24) is 5.32 Å². The Balaban J connectivity index is 2.47. The highest BCUT2D eigenvalue weighted by Crippen LogP contribution is 2.28. The van der Waals surface area contributed by atoms with Gasteiger partial charge in [0.25, 0.3) is 0 Å². The molecule has 1 aliphatic rings. The smallest absolute Gasteiger partial charge is 0.0471 e. The lowest BCUT2D eigenvalue weighted by molar-refractivity contribution is 0.186. The predicted octanol–water partition coefficient (Wildman–Crippen LogP) is 0.427. The van der Waals surface area contributed by atoms with Gasteiger partial charge in [0.15, 0.2) is 0 Å². The molecule has 1 saturated heterocycles. The lowest BCUT2D eigenvalue weighted by atomic mass is 9.95. The Hall–Kier alpha value is 0.230. The van der Waals surface area contributed by atoms with Crippen molar-refractivity contribution in [2.75, 3.05) is 24.7 Å². The van der Waals surface area contributed by atoms with Gasteiger partial charge in [-0.2, -0.15) is 11.8 Å². The van der Waals surface area contributed by atoms with Crippen molar-refractivity contribution in [3.05, 3.63) is 0 Å². The van der Waals surface area contributed by atoms with E-state index in [-0.39, 0.29) is 12.1 Å². The monoisotopic (exact) mass is 218 g/mol. The lowest BCUT2D eigenvalue weighted by Gasteiger charge is -2.34. The highest BCUT2D eigenvalue weighted by atomic mass is 32.2. The minimum absolute atomic E-state index is 0.119. The maximum Gasteiger partial charge on any atom is 0.0471 e. The molecule has 1 rings (SSSR count). The zero-order valence-electron chi connectivity index (χ0n) is 9.12. The third-order valence-electron chi connectivity index (χ3n) is 3.17. The molecule has 4 N–H and O–H groups in total. The van der Waals surface area contributed by atoms with Crippen molar-refractivity contribution in [2.24, 2.45) is 11.7 Å². The Morgan fingerprint density at radius 3 is 2.71 bits per heavy atom. The standard InChI is InChI=1S/C10H22N2OS/c1-8(5-13)9(2)12-10(6-11)3-4-14-7-10/h8-9,12-13H,3-7,11H2,1-2H3. The summed E-state index contributed by atoms with van der Waals surface area (Å²) in [5, 5.41) is 12.6.